The van der Waals surface area contributed by atoms with Gasteiger partial charge in [0.1, 0.15) is 11.1 Å². The van der Waals surface area contributed by atoms with Crippen molar-refractivity contribution in [3.8, 4) is 5.75 Å². The number of carbonyl (C=O) groups is 1. The number of amides is 1. The fraction of sp³-hybridized carbons (Fsp3) is 0.222. The van der Waals surface area contributed by atoms with E-state index in [-0.39, 0.29) is 17.3 Å². The number of phenols is 1. The van der Waals surface area contributed by atoms with Gasteiger partial charge in [0, 0.05) is 5.02 Å². The Labute approximate surface area is 91.6 Å². The molecule has 1 atom stereocenters. The van der Waals surface area contributed by atoms with E-state index in [1.54, 1.807) is 6.92 Å². The highest BCUT2D eigenvalue weighted by atomic mass is 35.5. The number of rotatable bonds is 2. The first kappa shape index (κ1) is 11.1. The number of hydrogen-bond acceptors (Lipinski definition) is 2. The molecule has 0 spiro atoms. The van der Waals surface area contributed by atoms with Gasteiger partial charge in [0.25, 0.3) is 0 Å². The molecule has 1 aromatic rings. The second kappa shape index (κ2) is 4.53. The fourth-order valence-corrected chi connectivity index (χ4v) is 1.07. The number of carbonyl (C=O) groups excluding carboxylic acids is 1. The van der Waals surface area contributed by atoms with E-state index in [1.807, 2.05) is 0 Å². The monoisotopic (exact) mass is 233 g/mol. The molecule has 0 saturated carbocycles. The van der Waals surface area contributed by atoms with Gasteiger partial charge in [-0.05, 0) is 25.1 Å². The molecular weight excluding hydrogens is 225 g/mol. The normalized spacial score (nSPS) is 12.2. The van der Waals surface area contributed by atoms with E-state index in [2.05, 4.69) is 5.32 Å². The van der Waals surface area contributed by atoms with E-state index in [0.717, 1.165) is 0 Å². The molecule has 0 aliphatic rings. The number of halogens is 2. The van der Waals surface area contributed by atoms with Crippen LogP contribution in [0.3, 0.4) is 0 Å². The van der Waals surface area contributed by atoms with E-state index in [9.17, 15) is 9.90 Å². The largest absolute Gasteiger partial charge is 0.506 e. The Balaban J connectivity index is 2.86. The van der Waals surface area contributed by atoms with Gasteiger partial charge >= 0.3 is 0 Å². The molecule has 0 aliphatic carbocycles. The van der Waals surface area contributed by atoms with Crippen molar-refractivity contribution >= 4 is 34.8 Å². The molecule has 5 heteroatoms. The maximum Gasteiger partial charge on any atom is 0.242 e. The summed E-state index contributed by atoms with van der Waals surface area (Å²) < 4.78 is 0. The highest BCUT2D eigenvalue weighted by Crippen LogP contribution is 2.26. The first-order valence-corrected chi connectivity index (χ1v) is 4.75. The van der Waals surface area contributed by atoms with Crippen molar-refractivity contribution in [2.75, 3.05) is 5.32 Å². The van der Waals surface area contributed by atoms with Gasteiger partial charge in [-0.1, -0.05) is 11.6 Å². The summed E-state index contributed by atoms with van der Waals surface area (Å²) in [6.45, 7) is 1.54. The molecule has 1 aromatic carbocycles. The third kappa shape index (κ3) is 2.79. The molecule has 0 radical (unpaired) electrons. The number of nitrogens with one attached hydrogen (secondary N) is 1. The van der Waals surface area contributed by atoms with Crippen molar-refractivity contribution in [3.05, 3.63) is 23.2 Å². The van der Waals surface area contributed by atoms with Crippen LogP contribution in [0.15, 0.2) is 18.2 Å². The number of anilines is 1. The summed E-state index contributed by atoms with van der Waals surface area (Å²) in [6.07, 6.45) is 0. The van der Waals surface area contributed by atoms with Crippen molar-refractivity contribution < 1.29 is 9.90 Å². The quantitative estimate of drug-likeness (QED) is 0.610. The maximum absolute atomic E-state index is 11.2. The van der Waals surface area contributed by atoms with Crippen LogP contribution in [0.2, 0.25) is 5.02 Å². The van der Waals surface area contributed by atoms with E-state index >= 15 is 0 Å². The minimum absolute atomic E-state index is 0.0416. The molecule has 2 N–H and O–H groups in total. The van der Waals surface area contributed by atoms with Crippen LogP contribution in [-0.2, 0) is 4.79 Å². The zero-order chi connectivity index (χ0) is 10.7. The molecule has 0 fully saturated rings. The number of benzene rings is 1. The SMILES string of the molecule is C[C@H](Cl)C(=O)Nc1cc(Cl)ccc1O. The Morgan fingerprint density at radius 3 is 2.79 bits per heavy atom. The van der Waals surface area contributed by atoms with Gasteiger partial charge in [0.15, 0.2) is 0 Å². The van der Waals surface area contributed by atoms with Gasteiger partial charge in [-0.2, -0.15) is 0 Å². The Bertz CT molecular complexity index is 353. The first-order chi connectivity index (χ1) is 6.50. The Morgan fingerprint density at radius 1 is 1.57 bits per heavy atom. The Hall–Kier alpha value is -0.930. The van der Waals surface area contributed by atoms with Crippen LogP contribution in [0.5, 0.6) is 5.75 Å². The molecule has 3 nitrogen and oxygen atoms in total. The minimum Gasteiger partial charge on any atom is -0.506 e. The van der Waals surface area contributed by atoms with Crippen molar-refractivity contribution in [2.24, 2.45) is 0 Å². The summed E-state index contributed by atoms with van der Waals surface area (Å²) in [7, 11) is 0. The highest BCUT2D eigenvalue weighted by Gasteiger charge is 2.11. The van der Waals surface area contributed by atoms with Crippen LogP contribution in [0.25, 0.3) is 0 Å². The van der Waals surface area contributed by atoms with Crippen LogP contribution in [0.4, 0.5) is 5.69 Å². The second-order valence-corrected chi connectivity index (χ2v) is 3.86. The second-order valence-electron chi connectivity index (χ2n) is 2.77. The number of hydrogen-bond donors (Lipinski definition) is 2. The van der Waals surface area contributed by atoms with Crippen molar-refractivity contribution in [1.82, 2.24) is 0 Å². The van der Waals surface area contributed by atoms with E-state index in [1.165, 1.54) is 18.2 Å². The lowest BCUT2D eigenvalue weighted by atomic mass is 10.3. The first-order valence-electron chi connectivity index (χ1n) is 3.94. The van der Waals surface area contributed by atoms with E-state index in [4.69, 9.17) is 23.2 Å². The van der Waals surface area contributed by atoms with Crippen molar-refractivity contribution in [2.45, 2.75) is 12.3 Å². The van der Waals surface area contributed by atoms with E-state index < -0.39 is 5.38 Å². The third-order valence-electron chi connectivity index (χ3n) is 1.58. The van der Waals surface area contributed by atoms with Crippen LogP contribution in [0, 0.1) is 0 Å². The molecule has 0 aromatic heterocycles. The minimum atomic E-state index is -0.659. The fourth-order valence-electron chi connectivity index (χ4n) is 0.841. The molecule has 0 bridgehead atoms. The zero-order valence-electron chi connectivity index (χ0n) is 7.42. The molecular formula is C9H9Cl2NO2. The van der Waals surface area contributed by atoms with Crippen LogP contribution >= 0.6 is 23.2 Å². The maximum atomic E-state index is 11.2. The number of phenolic OH excluding ortho intramolecular Hbond substituents is 1. The molecule has 0 heterocycles. The van der Waals surface area contributed by atoms with Crippen LogP contribution in [0.1, 0.15) is 6.92 Å². The number of aromatic hydroxyl groups is 1. The molecule has 0 aliphatic heterocycles. The average Bonchev–Trinajstić information content (AvgIpc) is 2.11. The summed E-state index contributed by atoms with van der Waals surface area (Å²) >= 11 is 11.2. The van der Waals surface area contributed by atoms with Crippen LogP contribution in [-0.4, -0.2) is 16.4 Å². The molecule has 0 unspecified atom stereocenters. The van der Waals surface area contributed by atoms with Gasteiger partial charge in [0.2, 0.25) is 5.91 Å². The van der Waals surface area contributed by atoms with Gasteiger partial charge in [0.05, 0.1) is 5.69 Å². The summed E-state index contributed by atoms with van der Waals surface area (Å²) in [5, 5.41) is 11.6. The predicted octanol–water partition coefficient (Wildman–Crippen LogP) is 2.61. The van der Waals surface area contributed by atoms with E-state index in [0.29, 0.717) is 5.02 Å². The molecule has 0 saturated heterocycles. The van der Waals surface area contributed by atoms with Gasteiger partial charge < -0.3 is 10.4 Å². The number of alkyl halides is 1. The summed E-state index contributed by atoms with van der Waals surface area (Å²) in [4.78, 5) is 11.2. The molecule has 76 valence electrons. The highest BCUT2D eigenvalue weighted by molar-refractivity contribution is 6.33. The zero-order valence-corrected chi connectivity index (χ0v) is 8.93. The molecule has 1 rings (SSSR count). The van der Waals surface area contributed by atoms with Gasteiger partial charge in [-0.3, -0.25) is 4.79 Å². The lowest BCUT2D eigenvalue weighted by Gasteiger charge is -2.08. The predicted molar refractivity (Wildman–Crippen MR) is 57.1 cm³/mol. The molecule has 1 amide bonds. The lowest BCUT2D eigenvalue weighted by molar-refractivity contribution is -0.115. The third-order valence-corrected chi connectivity index (χ3v) is 2.01. The summed E-state index contributed by atoms with van der Waals surface area (Å²) in [6, 6.07) is 4.38. The standard InChI is InChI=1S/C9H9Cl2NO2/c1-5(10)9(14)12-7-4-6(11)2-3-8(7)13/h2-5,13H,1H3,(H,12,14)/t5-/m0/s1. The summed E-state index contributed by atoms with van der Waals surface area (Å²) in [5.41, 5.74) is 0.259. The Morgan fingerprint density at radius 2 is 2.21 bits per heavy atom. The van der Waals surface area contributed by atoms with Crippen molar-refractivity contribution in [3.63, 3.8) is 0 Å². The average molecular weight is 234 g/mol. The topological polar surface area (TPSA) is 49.3 Å². The molecule has 14 heavy (non-hydrogen) atoms. The van der Waals surface area contributed by atoms with Gasteiger partial charge in [-0.15, -0.1) is 11.6 Å². The van der Waals surface area contributed by atoms with Gasteiger partial charge in [-0.25, -0.2) is 0 Å². The smallest absolute Gasteiger partial charge is 0.242 e. The van der Waals surface area contributed by atoms with Crippen LogP contribution < -0.4 is 5.32 Å². The lowest BCUT2D eigenvalue weighted by Crippen LogP contribution is -2.20. The Kier molecular flexibility index (Phi) is 3.61. The van der Waals surface area contributed by atoms with Crippen molar-refractivity contribution in [1.29, 1.82) is 0 Å². The summed E-state index contributed by atoms with van der Waals surface area (Å²) in [5.74, 6) is -0.427.